The standard InChI is InChI=1S/C15H25N3O2/c1-9-12(6-16)10(2)14(8-18)11(13(9)7-17)4-5-15(19)20-3/h4-8,16-18H2,1-3H3. The fourth-order valence-corrected chi connectivity index (χ4v) is 2.77. The van der Waals surface area contributed by atoms with Crippen LogP contribution >= 0.6 is 0 Å². The minimum Gasteiger partial charge on any atom is -0.469 e. The lowest BCUT2D eigenvalue weighted by atomic mass is 9.85. The summed E-state index contributed by atoms with van der Waals surface area (Å²) in [4.78, 5) is 11.4. The number of nitrogens with two attached hydrogens (primary N) is 3. The number of hydrogen-bond donors (Lipinski definition) is 3. The molecular weight excluding hydrogens is 254 g/mol. The van der Waals surface area contributed by atoms with E-state index >= 15 is 0 Å². The second-order valence-corrected chi connectivity index (χ2v) is 4.85. The summed E-state index contributed by atoms with van der Waals surface area (Å²) in [6, 6.07) is 0. The second kappa shape index (κ2) is 7.38. The lowest BCUT2D eigenvalue weighted by Gasteiger charge is -2.22. The quantitative estimate of drug-likeness (QED) is 0.668. The fraction of sp³-hybridized carbons (Fsp3) is 0.533. The van der Waals surface area contributed by atoms with Crippen molar-refractivity contribution in [3.05, 3.63) is 33.4 Å². The number of esters is 1. The molecule has 0 aliphatic carbocycles. The van der Waals surface area contributed by atoms with Crippen LogP contribution < -0.4 is 17.2 Å². The summed E-state index contributed by atoms with van der Waals surface area (Å²) in [5, 5.41) is 0. The van der Waals surface area contributed by atoms with Crippen molar-refractivity contribution in [2.24, 2.45) is 17.2 Å². The first-order valence-corrected chi connectivity index (χ1v) is 6.81. The molecule has 0 fully saturated rings. The van der Waals surface area contributed by atoms with E-state index in [2.05, 4.69) is 0 Å². The second-order valence-electron chi connectivity index (χ2n) is 4.85. The molecule has 20 heavy (non-hydrogen) atoms. The summed E-state index contributed by atoms with van der Waals surface area (Å²) in [5.41, 5.74) is 24.1. The SMILES string of the molecule is COC(=O)CCc1c(CN)c(C)c(CN)c(C)c1CN. The molecule has 0 spiro atoms. The Kier molecular flexibility index (Phi) is 6.13. The first-order valence-electron chi connectivity index (χ1n) is 6.81. The predicted molar refractivity (Wildman–Crippen MR) is 79.9 cm³/mol. The smallest absolute Gasteiger partial charge is 0.305 e. The Bertz CT molecular complexity index is 467. The van der Waals surface area contributed by atoms with Crippen molar-refractivity contribution < 1.29 is 9.53 Å². The predicted octanol–water partition coefficient (Wildman–Crippen LogP) is 0.785. The van der Waals surface area contributed by atoms with E-state index in [1.54, 1.807) is 0 Å². The van der Waals surface area contributed by atoms with Crippen LogP contribution in [0.3, 0.4) is 0 Å². The van der Waals surface area contributed by atoms with Gasteiger partial charge < -0.3 is 21.9 Å². The molecule has 0 bridgehead atoms. The molecule has 0 radical (unpaired) electrons. The van der Waals surface area contributed by atoms with E-state index in [0.717, 1.165) is 33.4 Å². The Morgan fingerprint density at radius 3 is 1.70 bits per heavy atom. The molecule has 1 rings (SSSR count). The molecule has 0 saturated carbocycles. The molecule has 5 heteroatoms. The summed E-state index contributed by atoms with van der Waals surface area (Å²) >= 11 is 0. The van der Waals surface area contributed by atoms with E-state index < -0.39 is 0 Å². The number of ether oxygens (including phenoxy) is 1. The Morgan fingerprint density at radius 1 is 0.900 bits per heavy atom. The van der Waals surface area contributed by atoms with E-state index in [1.807, 2.05) is 13.8 Å². The molecule has 0 unspecified atom stereocenters. The van der Waals surface area contributed by atoms with Crippen LogP contribution in [0.25, 0.3) is 0 Å². The van der Waals surface area contributed by atoms with Gasteiger partial charge in [-0.2, -0.15) is 0 Å². The lowest BCUT2D eigenvalue weighted by molar-refractivity contribution is -0.140. The molecule has 112 valence electrons. The van der Waals surface area contributed by atoms with Crippen LogP contribution in [0.2, 0.25) is 0 Å². The van der Waals surface area contributed by atoms with Crippen LogP contribution in [0.5, 0.6) is 0 Å². The highest BCUT2D eigenvalue weighted by atomic mass is 16.5. The number of carbonyl (C=O) groups excluding carboxylic acids is 1. The maximum atomic E-state index is 11.4. The molecule has 0 aliphatic heterocycles. The van der Waals surface area contributed by atoms with Crippen molar-refractivity contribution in [1.82, 2.24) is 0 Å². The maximum Gasteiger partial charge on any atom is 0.305 e. The van der Waals surface area contributed by atoms with Crippen LogP contribution in [0.15, 0.2) is 0 Å². The molecule has 1 aromatic carbocycles. The highest BCUT2D eigenvalue weighted by Crippen LogP contribution is 2.28. The van der Waals surface area contributed by atoms with E-state index in [0.29, 0.717) is 32.5 Å². The van der Waals surface area contributed by atoms with Gasteiger partial charge in [0.1, 0.15) is 0 Å². The van der Waals surface area contributed by atoms with E-state index in [4.69, 9.17) is 21.9 Å². The lowest BCUT2D eigenvalue weighted by Crippen LogP contribution is -2.17. The summed E-state index contributed by atoms with van der Waals surface area (Å²) in [7, 11) is 1.39. The average Bonchev–Trinajstić information content (AvgIpc) is 2.45. The third-order valence-corrected chi connectivity index (χ3v) is 3.96. The van der Waals surface area contributed by atoms with E-state index in [1.165, 1.54) is 7.11 Å². The molecule has 0 aliphatic rings. The monoisotopic (exact) mass is 279 g/mol. The molecule has 1 aromatic rings. The summed E-state index contributed by atoms with van der Waals surface area (Å²) < 4.78 is 4.70. The van der Waals surface area contributed by atoms with Crippen molar-refractivity contribution in [3.8, 4) is 0 Å². The van der Waals surface area contributed by atoms with Crippen molar-refractivity contribution in [1.29, 1.82) is 0 Å². The van der Waals surface area contributed by atoms with Crippen molar-refractivity contribution >= 4 is 5.97 Å². The maximum absolute atomic E-state index is 11.4. The Balaban J connectivity index is 3.36. The Labute approximate surface area is 120 Å². The van der Waals surface area contributed by atoms with Gasteiger partial charge in [-0.3, -0.25) is 4.79 Å². The van der Waals surface area contributed by atoms with Gasteiger partial charge in [-0.1, -0.05) is 0 Å². The third kappa shape index (κ3) is 3.17. The van der Waals surface area contributed by atoms with Crippen LogP contribution in [0.1, 0.15) is 39.8 Å². The number of methoxy groups -OCH3 is 1. The van der Waals surface area contributed by atoms with Gasteiger partial charge in [0.05, 0.1) is 7.11 Å². The molecule has 6 N–H and O–H groups in total. The van der Waals surface area contributed by atoms with Gasteiger partial charge in [0.15, 0.2) is 0 Å². The zero-order valence-electron chi connectivity index (χ0n) is 12.6. The van der Waals surface area contributed by atoms with Gasteiger partial charge in [-0.05, 0) is 53.6 Å². The zero-order chi connectivity index (χ0) is 15.3. The molecule has 0 amide bonds. The van der Waals surface area contributed by atoms with Crippen LogP contribution in [-0.2, 0) is 35.6 Å². The summed E-state index contributed by atoms with van der Waals surface area (Å²) in [5.74, 6) is -0.228. The number of carbonyl (C=O) groups is 1. The number of hydrogen-bond acceptors (Lipinski definition) is 5. The van der Waals surface area contributed by atoms with Gasteiger partial charge >= 0.3 is 5.97 Å². The minimum atomic E-state index is -0.228. The van der Waals surface area contributed by atoms with E-state index in [9.17, 15) is 4.79 Å². The number of benzene rings is 1. The first kappa shape index (κ1) is 16.6. The summed E-state index contributed by atoms with van der Waals surface area (Å²) in [6.45, 7) is 5.36. The zero-order valence-corrected chi connectivity index (χ0v) is 12.6. The molecule has 0 aromatic heterocycles. The Hall–Kier alpha value is -1.43. The van der Waals surface area contributed by atoms with Crippen LogP contribution in [0, 0.1) is 13.8 Å². The first-order chi connectivity index (χ1) is 9.51. The van der Waals surface area contributed by atoms with Crippen molar-refractivity contribution in [3.63, 3.8) is 0 Å². The van der Waals surface area contributed by atoms with Crippen molar-refractivity contribution in [2.45, 2.75) is 46.3 Å². The van der Waals surface area contributed by atoms with Crippen LogP contribution in [0.4, 0.5) is 0 Å². The largest absolute Gasteiger partial charge is 0.469 e. The minimum absolute atomic E-state index is 0.228. The molecule has 0 heterocycles. The molecule has 0 saturated heterocycles. The fourth-order valence-electron chi connectivity index (χ4n) is 2.77. The Morgan fingerprint density at radius 2 is 1.35 bits per heavy atom. The van der Waals surface area contributed by atoms with Gasteiger partial charge in [0, 0.05) is 26.1 Å². The average molecular weight is 279 g/mol. The van der Waals surface area contributed by atoms with Gasteiger partial charge in [-0.25, -0.2) is 0 Å². The molecule has 0 atom stereocenters. The topological polar surface area (TPSA) is 104 Å². The third-order valence-electron chi connectivity index (χ3n) is 3.96. The van der Waals surface area contributed by atoms with E-state index in [-0.39, 0.29) is 5.97 Å². The summed E-state index contributed by atoms with van der Waals surface area (Å²) in [6.07, 6.45) is 0.926. The van der Waals surface area contributed by atoms with Gasteiger partial charge in [-0.15, -0.1) is 0 Å². The van der Waals surface area contributed by atoms with Gasteiger partial charge in [0.25, 0.3) is 0 Å². The van der Waals surface area contributed by atoms with Crippen LogP contribution in [-0.4, -0.2) is 13.1 Å². The normalized spacial score (nSPS) is 10.7. The van der Waals surface area contributed by atoms with Gasteiger partial charge in [0.2, 0.25) is 0 Å². The van der Waals surface area contributed by atoms with Crippen molar-refractivity contribution in [2.75, 3.05) is 7.11 Å². The molecular formula is C15H25N3O2. The highest BCUT2D eigenvalue weighted by Gasteiger charge is 2.18. The highest BCUT2D eigenvalue weighted by molar-refractivity contribution is 5.70. The molecule has 5 nitrogen and oxygen atoms in total. The number of rotatable bonds is 6.